The number of amides is 1. The van der Waals surface area contributed by atoms with Gasteiger partial charge in [0.15, 0.2) is 0 Å². The zero-order valence-electron chi connectivity index (χ0n) is 15.3. The first-order valence-corrected chi connectivity index (χ1v) is 8.69. The van der Waals surface area contributed by atoms with Crippen LogP contribution in [0.5, 0.6) is 0 Å². The molecule has 1 heterocycles. The lowest BCUT2D eigenvalue weighted by Crippen LogP contribution is -2.15. The number of aryl methyl sites for hydroxylation is 2. The SMILES string of the molecule is Cc1ccc(C)c(NC(=O)c2cc(NC(C)c3ccccc3)ccn2)c1. The maximum atomic E-state index is 12.6. The fraction of sp³-hybridized carbons (Fsp3) is 0.182. The number of carbonyl (C=O) groups excluding carboxylic acids is 1. The molecule has 1 atom stereocenters. The highest BCUT2D eigenvalue weighted by Crippen LogP contribution is 2.20. The quantitative estimate of drug-likeness (QED) is 0.674. The fourth-order valence-electron chi connectivity index (χ4n) is 2.78. The maximum absolute atomic E-state index is 12.6. The van der Waals surface area contributed by atoms with Crippen LogP contribution in [0.1, 0.15) is 40.1 Å². The normalized spacial score (nSPS) is 11.7. The van der Waals surface area contributed by atoms with Crippen LogP contribution in [0.3, 0.4) is 0 Å². The van der Waals surface area contributed by atoms with Crippen LogP contribution in [0.15, 0.2) is 66.9 Å². The summed E-state index contributed by atoms with van der Waals surface area (Å²) < 4.78 is 0. The van der Waals surface area contributed by atoms with Crippen molar-refractivity contribution in [1.29, 1.82) is 0 Å². The third-order valence-corrected chi connectivity index (χ3v) is 4.32. The Balaban J connectivity index is 1.74. The smallest absolute Gasteiger partial charge is 0.274 e. The molecule has 132 valence electrons. The van der Waals surface area contributed by atoms with Crippen LogP contribution >= 0.6 is 0 Å². The summed E-state index contributed by atoms with van der Waals surface area (Å²) >= 11 is 0. The Labute approximate surface area is 154 Å². The van der Waals surface area contributed by atoms with Crippen molar-refractivity contribution in [2.75, 3.05) is 10.6 Å². The van der Waals surface area contributed by atoms with E-state index in [1.54, 1.807) is 12.3 Å². The Morgan fingerprint density at radius 3 is 2.54 bits per heavy atom. The van der Waals surface area contributed by atoms with Gasteiger partial charge in [-0.2, -0.15) is 0 Å². The second-order valence-corrected chi connectivity index (χ2v) is 6.48. The minimum Gasteiger partial charge on any atom is -0.378 e. The van der Waals surface area contributed by atoms with Crippen molar-refractivity contribution in [1.82, 2.24) is 4.98 Å². The molecule has 0 saturated heterocycles. The van der Waals surface area contributed by atoms with Gasteiger partial charge in [-0.15, -0.1) is 0 Å². The molecule has 1 aromatic heterocycles. The Morgan fingerprint density at radius 2 is 1.77 bits per heavy atom. The van der Waals surface area contributed by atoms with Gasteiger partial charge >= 0.3 is 0 Å². The number of hydrogen-bond donors (Lipinski definition) is 2. The third kappa shape index (κ3) is 4.28. The molecule has 0 aliphatic carbocycles. The molecule has 3 rings (SSSR count). The van der Waals surface area contributed by atoms with Crippen LogP contribution in [0.4, 0.5) is 11.4 Å². The third-order valence-electron chi connectivity index (χ3n) is 4.32. The molecule has 0 radical (unpaired) electrons. The summed E-state index contributed by atoms with van der Waals surface area (Å²) in [6.07, 6.45) is 1.65. The van der Waals surface area contributed by atoms with E-state index in [-0.39, 0.29) is 11.9 Å². The molecule has 1 unspecified atom stereocenters. The van der Waals surface area contributed by atoms with Gasteiger partial charge in [0, 0.05) is 23.6 Å². The molecule has 0 bridgehead atoms. The summed E-state index contributed by atoms with van der Waals surface area (Å²) in [5, 5.41) is 6.37. The molecule has 0 spiro atoms. The summed E-state index contributed by atoms with van der Waals surface area (Å²) in [6.45, 7) is 6.07. The minimum absolute atomic E-state index is 0.133. The van der Waals surface area contributed by atoms with Crippen LogP contribution < -0.4 is 10.6 Å². The van der Waals surface area contributed by atoms with Crippen molar-refractivity contribution < 1.29 is 4.79 Å². The molecule has 4 heteroatoms. The highest BCUT2D eigenvalue weighted by molar-refractivity contribution is 6.03. The Kier molecular flexibility index (Phi) is 5.32. The van der Waals surface area contributed by atoms with E-state index in [4.69, 9.17) is 0 Å². The monoisotopic (exact) mass is 345 g/mol. The lowest BCUT2D eigenvalue weighted by atomic mass is 10.1. The molecular weight excluding hydrogens is 322 g/mol. The van der Waals surface area contributed by atoms with Crippen molar-refractivity contribution in [3.05, 3.63) is 89.2 Å². The van der Waals surface area contributed by atoms with Gasteiger partial charge in [0.1, 0.15) is 5.69 Å². The van der Waals surface area contributed by atoms with Gasteiger partial charge < -0.3 is 10.6 Å². The van der Waals surface area contributed by atoms with Gasteiger partial charge in [-0.3, -0.25) is 9.78 Å². The van der Waals surface area contributed by atoms with E-state index in [9.17, 15) is 4.79 Å². The van der Waals surface area contributed by atoms with E-state index in [0.717, 1.165) is 22.5 Å². The van der Waals surface area contributed by atoms with E-state index in [1.165, 1.54) is 5.56 Å². The van der Waals surface area contributed by atoms with E-state index in [2.05, 4.69) is 34.7 Å². The van der Waals surface area contributed by atoms with Crippen LogP contribution in [-0.4, -0.2) is 10.9 Å². The second kappa shape index (κ2) is 7.83. The number of rotatable bonds is 5. The van der Waals surface area contributed by atoms with Gasteiger partial charge in [-0.1, -0.05) is 42.5 Å². The zero-order valence-corrected chi connectivity index (χ0v) is 15.3. The number of carbonyl (C=O) groups is 1. The van der Waals surface area contributed by atoms with Crippen molar-refractivity contribution in [2.45, 2.75) is 26.8 Å². The number of aromatic nitrogens is 1. The average molecular weight is 345 g/mol. The first-order chi connectivity index (χ1) is 12.5. The van der Waals surface area contributed by atoms with Crippen molar-refractivity contribution in [3.8, 4) is 0 Å². The van der Waals surface area contributed by atoms with Crippen molar-refractivity contribution in [3.63, 3.8) is 0 Å². The molecule has 2 N–H and O–H groups in total. The van der Waals surface area contributed by atoms with Gasteiger partial charge in [-0.05, 0) is 55.7 Å². The molecule has 26 heavy (non-hydrogen) atoms. The average Bonchev–Trinajstić information content (AvgIpc) is 2.65. The fourth-order valence-corrected chi connectivity index (χ4v) is 2.78. The van der Waals surface area contributed by atoms with Crippen LogP contribution in [0.2, 0.25) is 0 Å². The number of nitrogens with one attached hydrogen (secondary N) is 2. The number of pyridine rings is 1. The standard InChI is InChI=1S/C22H23N3O/c1-15-9-10-16(2)20(13-15)25-22(26)21-14-19(11-12-23-21)24-17(3)18-7-5-4-6-8-18/h4-14,17H,1-3H3,(H,23,24)(H,25,26). The number of anilines is 2. The van der Waals surface area contributed by atoms with Crippen LogP contribution in [-0.2, 0) is 0 Å². The van der Waals surface area contributed by atoms with E-state index in [0.29, 0.717) is 5.69 Å². The summed E-state index contributed by atoms with van der Waals surface area (Å²) in [4.78, 5) is 16.8. The molecule has 0 saturated carbocycles. The van der Waals surface area contributed by atoms with Gasteiger partial charge in [0.05, 0.1) is 0 Å². The number of nitrogens with zero attached hydrogens (tertiary/aromatic N) is 1. The van der Waals surface area contributed by atoms with Crippen molar-refractivity contribution in [2.24, 2.45) is 0 Å². The zero-order chi connectivity index (χ0) is 18.5. The highest BCUT2D eigenvalue weighted by atomic mass is 16.1. The highest BCUT2D eigenvalue weighted by Gasteiger charge is 2.11. The molecular formula is C22H23N3O. The van der Waals surface area contributed by atoms with E-state index in [1.807, 2.05) is 56.3 Å². The minimum atomic E-state index is -0.213. The molecule has 0 aliphatic heterocycles. The molecule has 0 aliphatic rings. The van der Waals surface area contributed by atoms with Gasteiger partial charge in [0.2, 0.25) is 0 Å². The summed E-state index contributed by atoms with van der Waals surface area (Å²) in [7, 11) is 0. The largest absolute Gasteiger partial charge is 0.378 e. The summed E-state index contributed by atoms with van der Waals surface area (Å²) in [6, 6.07) is 20.0. The second-order valence-electron chi connectivity index (χ2n) is 6.48. The predicted octanol–water partition coefficient (Wildman–Crippen LogP) is 5.12. The Morgan fingerprint density at radius 1 is 1.00 bits per heavy atom. The van der Waals surface area contributed by atoms with Crippen LogP contribution in [0, 0.1) is 13.8 Å². The van der Waals surface area contributed by atoms with Gasteiger partial charge in [-0.25, -0.2) is 0 Å². The maximum Gasteiger partial charge on any atom is 0.274 e. The summed E-state index contributed by atoms with van der Waals surface area (Å²) in [5.74, 6) is -0.213. The molecule has 4 nitrogen and oxygen atoms in total. The lowest BCUT2D eigenvalue weighted by Gasteiger charge is -2.16. The molecule has 3 aromatic rings. The van der Waals surface area contributed by atoms with Crippen LogP contribution in [0.25, 0.3) is 0 Å². The predicted molar refractivity (Wildman–Crippen MR) is 107 cm³/mol. The lowest BCUT2D eigenvalue weighted by molar-refractivity contribution is 0.102. The number of hydrogen-bond acceptors (Lipinski definition) is 3. The molecule has 1 amide bonds. The number of benzene rings is 2. The van der Waals surface area contributed by atoms with Crippen molar-refractivity contribution >= 4 is 17.3 Å². The Hall–Kier alpha value is -3.14. The molecule has 0 fully saturated rings. The first-order valence-electron chi connectivity index (χ1n) is 8.69. The first kappa shape index (κ1) is 17.7. The Bertz CT molecular complexity index is 906. The van der Waals surface area contributed by atoms with Gasteiger partial charge in [0.25, 0.3) is 5.91 Å². The van der Waals surface area contributed by atoms with E-state index >= 15 is 0 Å². The van der Waals surface area contributed by atoms with E-state index < -0.39 is 0 Å². The summed E-state index contributed by atoms with van der Waals surface area (Å²) in [5.41, 5.74) is 5.37. The topological polar surface area (TPSA) is 54.0 Å². The molecule has 2 aromatic carbocycles.